The first-order valence-corrected chi connectivity index (χ1v) is 8.94. The van der Waals surface area contributed by atoms with E-state index in [-0.39, 0.29) is 28.4 Å². The molecule has 0 aliphatic carbocycles. The topological polar surface area (TPSA) is 63.4 Å². The summed E-state index contributed by atoms with van der Waals surface area (Å²) in [6, 6.07) is 4.75. The summed E-state index contributed by atoms with van der Waals surface area (Å²) >= 11 is 9.24. The molecule has 0 spiro atoms. The fourth-order valence-corrected chi connectivity index (χ4v) is 3.82. The third kappa shape index (κ3) is 5.69. The summed E-state index contributed by atoms with van der Waals surface area (Å²) in [5.41, 5.74) is 5.95. The van der Waals surface area contributed by atoms with Crippen molar-refractivity contribution >= 4 is 50.0 Å². The van der Waals surface area contributed by atoms with Crippen LogP contribution in [0.1, 0.15) is 20.3 Å². The van der Waals surface area contributed by atoms with Crippen LogP contribution in [0.15, 0.2) is 27.6 Å². The molecule has 1 rings (SSSR count). The van der Waals surface area contributed by atoms with Gasteiger partial charge in [-0.25, -0.2) is 12.7 Å². The summed E-state index contributed by atoms with van der Waals surface area (Å²) in [7, 11) is -2.06. The van der Waals surface area contributed by atoms with Crippen molar-refractivity contribution in [1.82, 2.24) is 4.31 Å². The van der Waals surface area contributed by atoms with Crippen LogP contribution in [0.4, 0.5) is 0 Å². The average molecular weight is 420 g/mol. The number of sulfonamides is 1. The monoisotopic (exact) mass is 418 g/mol. The van der Waals surface area contributed by atoms with Gasteiger partial charge in [-0.1, -0.05) is 41.4 Å². The highest BCUT2D eigenvalue weighted by Gasteiger charge is 2.24. The summed E-state index contributed by atoms with van der Waals surface area (Å²) in [6.07, 6.45) is 0.610. The van der Waals surface area contributed by atoms with Crippen LogP contribution in [0.5, 0.6) is 0 Å². The summed E-state index contributed by atoms with van der Waals surface area (Å²) in [6.45, 7) is 4.40. The molecule has 4 nitrogen and oxygen atoms in total. The molecule has 0 radical (unpaired) electrons. The Morgan fingerprint density at radius 2 is 1.95 bits per heavy atom. The van der Waals surface area contributed by atoms with E-state index in [2.05, 4.69) is 15.9 Å². The number of halogens is 3. The van der Waals surface area contributed by atoms with E-state index in [4.69, 9.17) is 17.3 Å². The molecule has 1 aromatic carbocycles. The molecule has 122 valence electrons. The van der Waals surface area contributed by atoms with Crippen LogP contribution in [0.3, 0.4) is 0 Å². The molecule has 0 saturated carbocycles. The van der Waals surface area contributed by atoms with Gasteiger partial charge in [0.25, 0.3) is 0 Å². The molecule has 0 amide bonds. The van der Waals surface area contributed by atoms with Crippen LogP contribution in [0, 0.1) is 5.92 Å². The van der Waals surface area contributed by atoms with Crippen molar-refractivity contribution in [3.8, 4) is 0 Å². The minimum Gasteiger partial charge on any atom is -0.327 e. The Kier molecular flexibility index (Phi) is 8.76. The van der Waals surface area contributed by atoms with E-state index in [9.17, 15) is 8.42 Å². The standard InChI is InChI=1S/C13H20BrClN2O2S.ClH/c1-9(2)12(16)6-7-17(3)20(18,19)13-8-10(14)4-5-11(13)15;/h4-5,8-9,12H,6-7,16H2,1-3H3;1H. The predicted octanol–water partition coefficient (Wildman–Crippen LogP) is 3.52. The molecule has 0 bridgehead atoms. The number of hydrogen-bond acceptors (Lipinski definition) is 3. The van der Waals surface area contributed by atoms with Gasteiger partial charge in [0.1, 0.15) is 4.90 Å². The van der Waals surface area contributed by atoms with Crippen molar-refractivity contribution in [3.63, 3.8) is 0 Å². The molecule has 8 heteroatoms. The van der Waals surface area contributed by atoms with Gasteiger partial charge < -0.3 is 5.73 Å². The first-order chi connectivity index (χ1) is 9.16. The molecule has 0 heterocycles. The molecule has 1 aromatic rings. The maximum absolute atomic E-state index is 12.5. The smallest absolute Gasteiger partial charge is 0.244 e. The first kappa shape index (κ1) is 21.1. The van der Waals surface area contributed by atoms with Crippen molar-refractivity contribution < 1.29 is 8.42 Å². The molecule has 1 unspecified atom stereocenters. The van der Waals surface area contributed by atoms with Crippen LogP contribution in [-0.4, -0.2) is 32.4 Å². The lowest BCUT2D eigenvalue weighted by atomic mass is 10.0. The van der Waals surface area contributed by atoms with Gasteiger partial charge in [-0.2, -0.15) is 0 Å². The summed E-state index contributed by atoms with van der Waals surface area (Å²) in [5, 5.41) is 0.216. The van der Waals surface area contributed by atoms with Crippen molar-refractivity contribution in [2.75, 3.05) is 13.6 Å². The minimum absolute atomic E-state index is 0. The fraction of sp³-hybridized carbons (Fsp3) is 0.538. The Balaban J connectivity index is 0.00000400. The van der Waals surface area contributed by atoms with E-state index >= 15 is 0 Å². The third-order valence-electron chi connectivity index (χ3n) is 3.22. The van der Waals surface area contributed by atoms with Crippen LogP contribution in [0.25, 0.3) is 0 Å². The fourth-order valence-electron chi connectivity index (χ4n) is 1.63. The van der Waals surface area contributed by atoms with Crippen molar-refractivity contribution in [3.05, 3.63) is 27.7 Å². The Morgan fingerprint density at radius 1 is 1.38 bits per heavy atom. The highest BCUT2D eigenvalue weighted by Crippen LogP contribution is 2.27. The molecule has 2 N–H and O–H groups in total. The molecular formula is C13H21BrCl2N2O2S. The molecule has 0 aliphatic rings. The van der Waals surface area contributed by atoms with Gasteiger partial charge in [-0.15, -0.1) is 12.4 Å². The maximum atomic E-state index is 12.5. The van der Waals surface area contributed by atoms with Gasteiger partial charge >= 0.3 is 0 Å². The summed E-state index contributed by atoms with van der Waals surface area (Å²) in [4.78, 5) is 0.106. The maximum Gasteiger partial charge on any atom is 0.244 e. The molecule has 1 atom stereocenters. The zero-order valence-corrected chi connectivity index (χ0v) is 16.2. The van der Waals surface area contributed by atoms with Gasteiger partial charge in [-0.3, -0.25) is 0 Å². The number of nitrogens with two attached hydrogens (primary N) is 1. The summed E-state index contributed by atoms with van der Waals surface area (Å²) < 4.78 is 26.9. The van der Waals surface area contributed by atoms with Crippen LogP contribution >= 0.6 is 39.9 Å². The van der Waals surface area contributed by atoms with Crippen LogP contribution in [0.2, 0.25) is 5.02 Å². The van der Waals surface area contributed by atoms with Gasteiger partial charge in [-0.05, 0) is 30.5 Å². The zero-order valence-electron chi connectivity index (χ0n) is 12.2. The van der Waals surface area contributed by atoms with Crippen molar-refractivity contribution in [1.29, 1.82) is 0 Å². The molecular weight excluding hydrogens is 399 g/mol. The molecule has 0 saturated heterocycles. The van der Waals surface area contributed by atoms with E-state index in [0.717, 1.165) is 0 Å². The van der Waals surface area contributed by atoms with Crippen molar-refractivity contribution in [2.45, 2.75) is 31.2 Å². The summed E-state index contributed by atoms with van der Waals surface area (Å²) in [5.74, 6) is 0.320. The highest BCUT2D eigenvalue weighted by molar-refractivity contribution is 9.10. The van der Waals surface area contributed by atoms with Crippen LogP contribution < -0.4 is 5.73 Å². The normalized spacial score (nSPS) is 13.3. The van der Waals surface area contributed by atoms with Gasteiger partial charge in [0.2, 0.25) is 10.0 Å². The lowest BCUT2D eigenvalue weighted by Crippen LogP contribution is -2.34. The Hall–Kier alpha value is 0.150. The molecule has 0 aromatic heterocycles. The minimum atomic E-state index is -3.60. The lowest BCUT2D eigenvalue weighted by molar-refractivity contribution is 0.397. The van der Waals surface area contributed by atoms with E-state index < -0.39 is 10.0 Å². The number of rotatable bonds is 6. The Morgan fingerprint density at radius 3 is 2.48 bits per heavy atom. The van der Waals surface area contributed by atoms with E-state index in [0.29, 0.717) is 23.4 Å². The number of benzene rings is 1. The zero-order chi connectivity index (χ0) is 15.5. The third-order valence-corrected chi connectivity index (χ3v) is 6.05. The Bertz CT molecular complexity index is 567. The average Bonchev–Trinajstić information content (AvgIpc) is 2.37. The highest BCUT2D eigenvalue weighted by atomic mass is 79.9. The molecule has 0 aliphatic heterocycles. The second-order valence-electron chi connectivity index (χ2n) is 5.10. The van der Waals surface area contributed by atoms with E-state index in [1.807, 2.05) is 13.8 Å². The van der Waals surface area contributed by atoms with Gasteiger partial charge in [0.15, 0.2) is 0 Å². The van der Waals surface area contributed by atoms with Gasteiger partial charge in [0.05, 0.1) is 5.02 Å². The quantitative estimate of drug-likeness (QED) is 0.766. The van der Waals surface area contributed by atoms with E-state index in [1.165, 1.54) is 10.4 Å². The van der Waals surface area contributed by atoms with Crippen LogP contribution in [-0.2, 0) is 10.0 Å². The lowest BCUT2D eigenvalue weighted by Gasteiger charge is -2.21. The number of hydrogen-bond donors (Lipinski definition) is 1. The SMILES string of the molecule is CC(C)C(N)CCN(C)S(=O)(=O)c1cc(Br)ccc1Cl.Cl. The largest absolute Gasteiger partial charge is 0.327 e. The van der Waals surface area contributed by atoms with Gasteiger partial charge in [0, 0.05) is 24.1 Å². The second kappa shape index (κ2) is 8.70. The molecule has 21 heavy (non-hydrogen) atoms. The predicted molar refractivity (Wildman–Crippen MR) is 93.6 cm³/mol. The van der Waals surface area contributed by atoms with Crippen molar-refractivity contribution in [2.24, 2.45) is 11.7 Å². The first-order valence-electron chi connectivity index (χ1n) is 6.33. The second-order valence-corrected chi connectivity index (χ2v) is 8.43. The Labute approximate surface area is 146 Å². The number of nitrogens with zero attached hydrogens (tertiary/aromatic N) is 1. The van der Waals surface area contributed by atoms with E-state index in [1.54, 1.807) is 19.2 Å². The molecule has 0 fully saturated rings.